The molecule has 3 rings (SSSR count). The van der Waals surface area contributed by atoms with Gasteiger partial charge in [-0.25, -0.2) is 17.2 Å². The number of nitrogens with zero attached hydrogens (tertiary/aromatic N) is 1. The van der Waals surface area contributed by atoms with Gasteiger partial charge in [-0.1, -0.05) is 53.5 Å². The minimum atomic E-state index is -4.12. The number of hydrogen-bond donors (Lipinski definition) is 1. The van der Waals surface area contributed by atoms with E-state index in [1.807, 2.05) is 0 Å². The number of amides is 1. The summed E-state index contributed by atoms with van der Waals surface area (Å²) >= 11 is 11.9. The number of nitrogens with one attached hydrogen (secondary N) is 1. The van der Waals surface area contributed by atoms with Crippen LogP contribution in [0.1, 0.15) is 5.56 Å². The molecule has 0 aliphatic rings. The molecule has 0 aliphatic heterocycles. The zero-order valence-corrected chi connectivity index (χ0v) is 18.2. The first-order chi connectivity index (χ1) is 14.7. The Labute approximate surface area is 188 Å². The van der Waals surface area contributed by atoms with Crippen molar-refractivity contribution >= 4 is 44.8 Å². The molecule has 0 atom stereocenters. The number of para-hydroxylation sites is 1. The molecule has 0 spiro atoms. The minimum absolute atomic E-state index is 0.0417. The van der Waals surface area contributed by atoms with Crippen LogP contribution in [0.5, 0.6) is 0 Å². The normalized spacial score (nSPS) is 11.5. The van der Waals surface area contributed by atoms with E-state index in [2.05, 4.69) is 5.32 Å². The van der Waals surface area contributed by atoms with Crippen molar-refractivity contribution in [2.45, 2.75) is 11.4 Å². The van der Waals surface area contributed by atoms with E-state index in [0.717, 1.165) is 22.5 Å². The van der Waals surface area contributed by atoms with Gasteiger partial charge in [-0.3, -0.25) is 4.79 Å². The maximum atomic E-state index is 13.9. The summed E-state index contributed by atoms with van der Waals surface area (Å²) < 4.78 is 54.9. The van der Waals surface area contributed by atoms with Gasteiger partial charge in [-0.2, -0.15) is 4.31 Å². The number of carbonyl (C=O) groups excluding carboxylic acids is 1. The summed E-state index contributed by atoms with van der Waals surface area (Å²) in [4.78, 5) is 12.5. The highest BCUT2D eigenvalue weighted by molar-refractivity contribution is 7.89. The third-order valence-corrected chi connectivity index (χ3v) is 6.82. The van der Waals surface area contributed by atoms with Gasteiger partial charge in [-0.15, -0.1) is 0 Å². The zero-order chi connectivity index (χ0) is 22.6. The fraction of sp³-hybridized carbons (Fsp3) is 0.0952. The van der Waals surface area contributed by atoms with Crippen molar-refractivity contribution in [3.63, 3.8) is 0 Å². The largest absolute Gasteiger partial charge is 0.320 e. The van der Waals surface area contributed by atoms with Crippen LogP contribution < -0.4 is 5.32 Å². The second-order valence-electron chi connectivity index (χ2n) is 6.48. The third-order valence-electron chi connectivity index (χ3n) is 4.27. The van der Waals surface area contributed by atoms with Crippen LogP contribution in [-0.2, 0) is 21.4 Å². The first kappa shape index (κ1) is 23.1. The molecule has 1 N–H and O–H groups in total. The third kappa shape index (κ3) is 5.59. The summed E-state index contributed by atoms with van der Waals surface area (Å²) in [6, 6.07) is 15.1. The summed E-state index contributed by atoms with van der Waals surface area (Å²) in [6.07, 6.45) is 0. The summed E-state index contributed by atoms with van der Waals surface area (Å²) in [5, 5.41) is 2.60. The SMILES string of the molecule is O=C(CN(Cc1ccc(Cl)c(Cl)c1)S(=O)(=O)c1ccccc1)Nc1c(F)cccc1F. The molecule has 0 heterocycles. The molecule has 3 aromatic carbocycles. The molecule has 0 saturated heterocycles. The molecule has 0 bridgehead atoms. The van der Waals surface area contributed by atoms with Crippen molar-refractivity contribution in [2.24, 2.45) is 0 Å². The predicted molar refractivity (Wildman–Crippen MR) is 115 cm³/mol. The summed E-state index contributed by atoms with van der Waals surface area (Å²) in [5.41, 5.74) is -0.183. The van der Waals surface area contributed by atoms with Crippen molar-refractivity contribution in [2.75, 3.05) is 11.9 Å². The van der Waals surface area contributed by atoms with Crippen LogP contribution >= 0.6 is 23.2 Å². The number of sulfonamides is 1. The van der Waals surface area contributed by atoms with Crippen LogP contribution in [0.2, 0.25) is 10.0 Å². The van der Waals surface area contributed by atoms with E-state index in [1.54, 1.807) is 24.3 Å². The minimum Gasteiger partial charge on any atom is -0.320 e. The van der Waals surface area contributed by atoms with Crippen LogP contribution in [0.15, 0.2) is 71.6 Å². The molecular formula is C21H16Cl2F2N2O3S. The molecule has 0 fully saturated rings. The predicted octanol–water partition coefficient (Wildman–Crippen LogP) is 5.10. The molecule has 1 amide bonds. The first-order valence-electron chi connectivity index (χ1n) is 8.91. The Kier molecular flexibility index (Phi) is 7.27. The molecule has 0 aromatic heterocycles. The average molecular weight is 485 g/mol. The lowest BCUT2D eigenvalue weighted by molar-refractivity contribution is -0.116. The van der Waals surface area contributed by atoms with Crippen LogP contribution in [0, 0.1) is 11.6 Å². The van der Waals surface area contributed by atoms with Crippen molar-refractivity contribution in [1.29, 1.82) is 0 Å². The topological polar surface area (TPSA) is 66.5 Å². The van der Waals surface area contributed by atoms with Gasteiger partial charge in [0.1, 0.15) is 17.3 Å². The Morgan fingerprint density at radius 3 is 2.16 bits per heavy atom. The number of hydrogen-bond acceptors (Lipinski definition) is 3. The molecule has 5 nitrogen and oxygen atoms in total. The smallest absolute Gasteiger partial charge is 0.243 e. The number of anilines is 1. The average Bonchev–Trinajstić information content (AvgIpc) is 2.73. The fourth-order valence-electron chi connectivity index (χ4n) is 2.77. The number of carbonyl (C=O) groups is 1. The Hall–Kier alpha value is -2.52. The van der Waals surface area contributed by atoms with E-state index in [9.17, 15) is 22.0 Å². The fourth-order valence-corrected chi connectivity index (χ4v) is 4.49. The quantitative estimate of drug-likeness (QED) is 0.507. The monoisotopic (exact) mass is 484 g/mol. The molecule has 0 radical (unpaired) electrons. The van der Waals surface area contributed by atoms with Crippen LogP contribution in [-0.4, -0.2) is 25.2 Å². The van der Waals surface area contributed by atoms with Gasteiger partial charge in [0.05, 0.1) is 21.5 Å². The van der Waals surface area contributed by atoms with Crippen molar-refractivity contribution in [1.82, 2.24) is 4.31 Å². The summed E-state index contributed by atoms with van der Waals surface area (Å²) in [5.74, 6) is -2.87. The summed E-state index contributed by atoms with van der Waals surface area (Å²) in [6.45, 7) is -0.910. The standard InChI is InChI=1S/C21H16Cl2F2N2O3S/c22-16-10-9-14(11-17(16)23)12-27(31(29,30)15-5-2-1-3-6-15)13-20(28)26-21-18(24)7-4-8-19(21)25/h1-11H,12-13H2,(H,26,28). The van der Waals surface area contributed by atoms with Gasteiger partial charge in [0.2, 0.25) is 15.9 Å². The lowest BCUT2D eigenvalue weighted by Gasteiger charge is -2.22. The highest BCUT2D eigenvalue weighted by atomic mass is 35.5. The van der Waals surface area contributed by atoms with Gasteiger partial charge in [0.15, 0.2) is 0 Å². The summed E-state index contributed by atoms with van der Waals surface area (Å²) in [7, 11) is -4.12. The highest BCUT2D eigenvalue weighted by Gasteiger charge is 2.27. The Balaban J connectivity index is 1.91. The van der Waals surface area contributed by atoms with Crippen LogP contribution in [0.25, 0.3) is 0 Å². The van der Waals surface area contributed by atoms with Crippen LogP contribution in [0.3, 0.4) is 0 Å². The van der Waals surface area contributed by atoms with Crippen molar-refractivity contribution < 1.29 is 22.0 Å². The lowest BCUT2D eigenvalue weighted by Crippen LogP contribution is -2.37. The molecule has 10 heteroatoms. The maximum Gasteiger partial charge on any atom is 0.243 e. The molecule has 0 saturated carbocycles. The first-order valence-corrected chi connectivity index (χ1v) is 11.1. The molecule has 162 valence electrons. The Morgan fingerprint density at radius 2 is 1.55 bits per heavy atom. The second kappa shape index (κ2) is 9.74. The van der Waals surface area contributed by atoms with Gasteiger partial charge in [0.25, 0.3) is 0 Å². The van der Waals surface area contributed by atoms with E-state index in [4.69, 9.17) is 23.2 Å². The number of rotatable bonds is 7. The van der Waals surface area contributed by atoms with E-state index in [-0.39, 0.29) is 21.5 Å². The van der Waals surface area contributed by atoms with Gasteiger partial charge in [-0.05, 0) is 42.0 Å². The van der Waals surface area contributed by atoms with E-state index in [0.29, 0.717) is 5.56 Å². The lowest BCUT2D eigenvalue weighted by atomic mass is 10.2. The van der Waals surface area contributed by atoms with Gasteiger partial charge in [0, 0.05) is 6.54 Å². The molecular weight excluding hydrogens is 469 g/mol. The van der Waals surface area contributed by atoms with E-state index >= 15 is 0 Å². The van der Waals surface area contributed by atoms with Crippen LogP contribution in [0.4, 0.5) is 14.5 Å². The Morgan fingerprint density at radius 1 is 0.903 bits per heavy atom. The number of benzene rings is 3. The second-order valence-corrected chi connectivity index (χ2v) is 9.23. The zero-order valence-electron chi connectivity index (χ0n) is 15.9. The maximum absolute atomic E-state index is 13.9. The van der Waals surface area contributed by atoms with Gasteiger partial charge >= 0.3 is 0 Å². The Bertz CT molecular complexity index is 1190. The molecule has 3 aromatic rings. The molecule has 0 unspecified atom stereocenters. The molecule has 0 aliphatic carbocycles. The molecule has 31 heavy (non-hydrogen) atoms. The highest BCUT2D eigenvalue weighted by Crippen LogP contribution is 2.25. The van der Waals surface area contributed by atoms with E-state index < -0.39 is 39.8 Å². The van der Waals surface area contributed by atoms with Crippen molar-refractivity contribution in [3.05, 3.63) is 94.0 Å². The van der Waals surface area contributed by atoms with E-state index in [1.165, 1.54) is 24.3 Å². The van der Waals surface area contributed by atoms with Crippen molar-refractivity contribution in [3.8, 4) is 0 Å². The van der Waals surface area contributed by atoms with Gasteiger partial charge < -0.3 is 5.32 Å². The number of halogens is 4.